The van der Waals surface area contributed by atoms with Crippen LogP contribution in [0.4, 0.5) is 11.4 Å². The highest BCUT2D eigenvalue weighted by molar-refractivity contribution is 5.55. The molecule has 1 N–H and O–H groups in total. The number of rotatable bonds is 6. The molecule has 0 radical (unpaired) electrons. The number of nitro benzene ring substituents is 1. The van der Waals surface area contributed by atoms with Crippen molar-refractivity contribution in [2.75, 3.05) is 25.6 Å². The predicted octanol–water partition coefficient (Wildman–Crippen LogP) is 2.72. The standard InChI is InChI=1S/C14H20N2O4/c1-19-10-11-8-12(16(17)18)5-6-14(11)15-9-13-4-2-3-7-20-13/h5-6,8,13,15H,2-4,7,9-10H2,1H3/t13-/m1/s1. The van der Waals surface area contributed by atoms with Gasteiger partial charge in [0.2, 0.25) is 0 Å². The van der Waals surface area contributed by atoms with E-state index >= 15 is 0 Å². The lowest BCUT2D eigenvalue weighted by Crippen LogP contribution is -2.27. The Morgan fingerprint density at radius 1 is 1.50 bits per heavy atom. The van der Waals surface area contributed by atoms with Crippen molar-refractivity contribution in [1.82, 2.24) is 0 Å². The molecule has 1 aliphatic rings. The Bertz CT molecular complexity index is 458. The molecule has 0 unspecified atom stereocenters. The van der Waals surface area contributed by atoms with E-state index in [0.717, 1.165) is 30.7 Å². The molecule has 0 aliphatic carbocycles. The van der Waals surface area contributed by atoms with Crippen LogP contribution in [0, 0.1) is 10.1 Å². The Labute approximate surface area is 118 Å². The maximum atomic E-state index is 10.8. The zero-order valence-electron chi connectivity index (χ0n) is 11.6. The van der Waals surface area contributed by atoms with Crippen LogP contribution < -0.4 is 5.32 Å². The van der Waals surface area contributed by atoms with Crippen molar-refractivity contribution in [3.05, 3.63) is 33.9 Å². The summed E-state index contributed by atoms with van der Waals surface area (Å²) in [7, 11) is 1.58. The summed E-state index contributed by atoms with van der Waals surface area (Å²) in [5.74, 6) is 0. The number of nitrogens with one attached hydrogen (secondary N) is 1. The second-order valence-corrected chi connectivity index (χ2v) is 4.90. The van der Waals surface area contributed by atoms with E-state index in [4.69, 9.17) is 9.47 Å². The molecule has 2 rings (SSSR count). The van der Waals surface area contributed by atoms with E-state index < -0.39 is 4.92 Å². The molecule has 1 saturated heterocycles. The fourth-order valence-corrected chi connectivity index (χ4v) is 2.33. The summed E-state index contributed by atoms with van der Waals surface area (Å²) in [6.07, 6.45) is 3.59. The van der Waals surface area contributed by atoms with Crippen molar-refractivity contribution in [2.45, 2.75) is 32.0 Å². The lowest BCUT2D eigenvalue weighted by Gasteiger charge is -2.23. The summed E-state index contributed by atoms with van der Waals surface area (Å²) < 4.78 is 10.8. The van der Waals surface area contributed by atoms with Gasteiger partial charge in [-0.2, -0.15) is 0 Å². The maximum absolute atomic E-state index is 10.8. The minimum atomic E-state index is -0.396. The third-order valence-corrected chi connectivity index (χ3v) is 3.39. The first-order chi connectivity index (χ1) is 9.70. The van der Waals surface area contributed by atoms with Crippen molar-refractivity contribution in [3.8, 4) is 0 Å². The van der Waals surface area contributed by atoms with Crippen molar-refractivity contribution in [3.63, 3.8) is 0 Å². The monoisotopic (exact) mass is 280 g/mol. The number of non-ortho nitro benzene ring substituents is 1. The van der Waals surface area contributed by atoms with E-state index in [9.17, 15) is 10.1 Å². The van der Waals surface area contributed by atoms with Crippen LogP contribution in [0.1, 0.15) is 24.8 Å². The fraction of sp³-hybridized carbons (Fsp3) is 0.571. The lowest BCUT2D eigenvalue weighted by molar-refractivity contribution is -0.384. The topological polar surface area (TPSA) is 73.6 Å². The van der Waals surface area contributed by atoms with Crippen LogP contribution in [0.3, 0.4) is 0 Å². The molecule has 0 amide bonds. The van der Waals surface area contributed by atoms with Crippen LogP contribution in [-0.4, -0.2) is 31.3 Å². The average molecular weight is 280 g/mol. The maximum Gasteiger partial charge on any atom is 0.269 e. The van der Waals surface area contributed by atoms with E-state index in [0.29, 0.717) is 13.2 Å². The second kappa shape index (κ2) is 7.21. The largest absolute Gasteiger partial charge is 0.382 e. The van der Waals surface area contributed by atoms with Crippen LogP contribution in [0.2, 0.25) is 0 Å². The molecule has 0 spiro atoms. The van der Waals surface area contributed by atoms with E-state index in [1.54, 1.807) is 19.2 Å². The number of nitrogens with zero attached hydrogens (tertiary/aromatic N) is 1. The molecular weight excluding hydrogens is 260 g/mol. The molecule has 1 fully saturated rings. The van der Waals surface area contributed by atoms with E-state index in [2.05, 4.69) is 5.32 Å². The van der Waals surface area contributed by atoms with E-state index in [-0.39, 0.29) is 11.8 Å². The van der Waals surface area contributed by atoms with Gasteiger partial charge in [-0.1, -0.05) is 0 Å². The number of ether oxygens (including phenoxy) is 2. The smallest absolute Gasteiger partial charge is 0.269 e. The van der Waals surface area contributed by atoms with Gasteiger partial charge in [-0.05, 0) is 25.3 Å². The van der Waals surface area contributed by atoms with Crippen molar-refractivity contribution < 1.29 is 14.4 Å². The van der Waals surface area contributed by atoms with E-state index in [1.165, 1.54) is 12.5 Å². The molecule has 6 nitrogen and oxygen atoms in total. The molecule has 110 valence electrons. The van der Waals surface area contributed by atoms with Crippen molar-refractivity contribution in [2.24, 2.45) is 0 Å². The number of methoxy groups -OCH3 is 1. The first-order valence-corrected chi connectivity index (χ1v) is 6.82. The van der Waals surface area contributed by atoms with Gasteiger partial charge in [-0.15, -0.1) is 0 Å². The Balaban J connectivity index is 2.03. The molecule has 0 bridgehead atoms. The van der Waals surface area contributed by atoms with Crippen molar-refractivity contribution >= 4 is 11.4 Å². The molecule has 1 heterocycles. The molecule has 1 aromatic rings. The van der Waals surface area contributed by atoms with E-state index in [1.807, 2.05) is 0 Å². The molecule has 1 aliphatic heterocycles. The Morgan fingerprint density at radius 2 is 2.35 bits per heavy atom. The first kappa shape index (κ1) is 14.7. The van der Waals surface area contributed by atoms with Crippen LogP contribution in [-0.2, 0) is 16.1 Å². The molecule has 1 aromatic carbocycles. The molecule has 0 saturated carbocycles. The van der Waals surface area contributed by atoms with Crippen LogP contribution in [0.5, 0.6) is 0 Å². The van der Waals surface area contributed by atoms with Gasteiger partial charge in [0.15, 0.2) is 0 Å². The highest BCUT2D eigenvalue weighted by Crippen LogP contribution is 2.23. The quantitative estimate of drug-likeness (QED) is 0.640. The van der Waals surface area contributed by atoms with Gasteiger partial charge in [0.25, 0.3) is 5.69 Å². The molecule has 20 heavy (non-hydrogen) atoms. The highest BCUT2D eigenvalue weighted by atomic mass is 16.6. The zero-order valence-corrected chi connectivity index (χ0v) is 11.6. The van der Waals surface area contributed by atoms with Gasteiger partial charge in [-0.25, -0.2) is 0 Å². The summed E-state index contributed by atoms with van der Waals surface area (Å²) in [6.45, 7) is 1.88. The number of hydrogen-bond acceptors (Lipinski definition) is 5. The normalized spacial score (nSPS) is 18.8. The third-order valence-electron chi connectivity index (χ3n) is 3.39. The van der Waals surface area contributed by atoms with Gasteiger partial charge in [-0.3, -0.25) is 10.1 Å². The van der Waals surface area contributed by atoms with Gasteiger partial charge < -0.3 is 14.8 Å². The van der Waals surface area contributed by atoms with Gasteiger partial charge in [0.05, 0.1) is 17.6 Å². The Hall–Kier alpha value is -1.66. The number of nitro groups is 1. The summed E-state index contributed by atoms with van der Waals surface area (Å²) in [5, 5.41) is 14.1. The Morgan fingerprint density at radius 3 is 3.00 bits per heavy atom. The minimum absolute atomic E-state index is 0.0801. The summed E-state index contributed by atoms with van der Waals surface area (Å²) in [4.78, 5) is 10.4. The van der Waals surface area contributed by atoms with Gasteiger partial charge in [0.1, 0.15) is 0 Å². The average Bonchev–Trinajstić information content (AvgIpc) is 2.47. The predicted molar refractivity (Wildman–Crippen MR) is 75.9 cm³/mol. The molecule has 1 atom stereocenters. The fourth-order valence-electron chi connectivity index (χ4n) is 2.33. The van der Waals surface area contributed by atoms with Crippen LogP contribution >= 0.6 is 0 Å². The number of hydrogen-bond donors (Lipinski definition) is 1. The second-order valence-electron chi connectivity index (χ2n) is 4.90. The summed E-state index contributed by atoms with van der Waals surface area (Å²) in [5.41, 5.74) is 1.74. The minimum Gasteiger partial charge on any atom is -0.382 e. The van der Waals surface area contributed by atoms with Crippen molar-refractivity contribution in [1.29, 1.82) is 0 Å². The highest BCUT2D eigenvalue weighted by Gasteiger charge is 2.15. The van der Waals surface area contributed by atoms with Crippen LogP contribution in [0.25, 0.3) is 0 Å². The molecule has 6 heteroatoms. The SMILES string of the molecule is COCc1cc([N+](=O)[O-])ccc1NC[C@H]1CCCCO1. The molecule has 0 aromatic heterocycles. The summed E-state index contributed by atoms with van der Waals surface area (Å²) in [6, 6.07) is 4.78. The van der Waals surface area contributed by atoms with Crippen LogP contribution in [0.15, 0.2) is 18.2 Å². The third kappa shape index (κ3) is 3.91. The Kier molecular flexibility index (Phi) is 5.31. The zero-order chi connectivity index (χ0) is 14.4. The van der Waals surface area contributed by atoms with Gasteiger partial charge in [0, 0.05) is 43.6 Å². The molecular formula is C14H20N2O4. The lowest BCUT2D eigenvalue weighted by atomic mass is 10.1. The number of anilines is 1. The summed E-state index contributed by atoms with van der Waals surface area (Å²) >= 11 is 0. The number of benzene rings is 1. The van der Waals surface area contributed by atoms with Gasteiger partial charge >= 0.3 is 0 Å². The first-order valence-electron chi connectivity index (χ1n) is 6.82.